The largest absolute Gasteiger partial charge is 0.496 e. The molecule has 0 aliphatic rings. The maximum atomic E-state index is 13.3. The van der Waals surface area contributed by atoms with E-state index in [1.165, 1.54) is 7.11 Å². The van der Waals surface area contributed by atoms with E-state index in [1.54, 1.807) is 47.5 Å². The van der Waals surface area contributed by atoms with Gasteiger partial charge >= 0.3 is 0 Å². The molecule has 0 bridgehead atoms. The summed E-state index contributed by atoms with van der Waals surface area (Å²) in [6.45, 7) is 5.79. The number of methoxy groups -OCH3 is 1. The molecule has 6 nitrogen and oxygen atoms in total. The summed E-state index contributed by atoms with van der Waals surface area (Å²) >= 11 is 1.58. The molecule has 3 rings (SSSR count). The number of benzene rings is 2. The Bertz CT molecular complexity index is 1010. The van der Waals surface area contributed by atoms with Crippen LogP contribution in [0.1, 0.15) is 42.2 Å². The highest BCUT2D eigenvalue weighted by molar-refractivity contribution is 7.18. The lowest BCUT2D eigenvalue weighted by Crippen LogP contribution is -2.50. The number of para-hydroxylation sites is 2. The number of nitrogens with zero attached hydrogens (tertiary/aromatic N) is 2. The van der Waals surface area contributed by atoms with Crippen molar-refractivity contribution in [1.29, 1.82) is 0 Å². The minimum atomic E-state index is -0.663. The molecule has 158 valence electrons. The molecule has 1 heterocycles. The zero-order valence-corrected chi connectivity index (χ0v) is 18.7. The minimum absolute atomic E-state index is 0.0822. The van der Waals surface area contributed by atoms with E-state index >= 15 is 0 Å². The van der Waals surface area contributed by atoms with Crippen LogP contribution in [0.2, 0.25) is 0 Å². The summed E-state index contributed by atoms with van der Waals surface area (Å²) in [4.78, 5) is 32.5. The molecule has 2 atom stereocenters. The van der Waals surface area contributed by atoms with Crippen molar-refractivity contribution in [3.05, 3.63) is 59.1 Å². The number of amides is 2. The van der Waals surface area contributed by atoms with E-state index in [2.05, 4.69) is 10.3 Å². The first-order valence-corrected chi connectivity index (χ1v) is 10.7. The molecular weight excluding hydrogens is 398 g/mol. The van der Waals surface area contributed by atoms with Gasteiger partial charge in [-0.05, 0) is 37.1 Å². The van der Waals surface area contributed by atoms with Crippen LogP contribution in [0.25, 0.3) is 10.2 Å². The van der Waals surface area contributed by atoms with E-state index in [0.29, 0.717) is 11.3 Å². The van der Waals surface area contributed by atoms with Crippen molar-refractivity contribution in [1.82, 2.24) is 15.2 Å². The van der Waals surface area contributed by atoms with E-state index < -0.39 is 6.04 Å². The summed E-state index contributed by atoms with van der Waals surface area (Å²) in [6.07, 6.45) is 0. The molecule has 0 fully saturated rings. The average molecular weight is 426 g/mol. The van der Waals surface area contributed by atoms with Gasteiger partial charge in [0.1, 0.15) is 16.8 Å². The van der Waals surface area contributed by atoms with Gasteiger partial charge in [0, 0.05) is 7.05 Å². The van der Waals surface area contributed by atoms with Crippen LogP contribution >= 0.6 is 11.3 Å². The number of likely N-dealkylation sites (N-methyl/N-ethyl adjacent to an activating group) is 1. The smallest absolute Gasteiger partial charge is 0.255 e. The predicted molar refractivity (Wildman–Crippen MR) is 120 cm³/mol. The number of thiazole rings is 1. The first kappa shape index (κ1) is 21.8. The van der Waals surface area contributed by atoms with Crippen LogP contribution in [0, 0.1) is 5.92 Å². The second-order valence-electron chi connectivity index (χ2n) is 7.54. The van der Waals surface area contributed by atoms with Crippen molar-refractivity contribution < 1.29 is 14.3 Å². The van der Waals surface area contributed by atoms with E-state index in [-0.39, 0.29) is 23.8 Å². The molecule has 30 heavy (non-hydrogen) atoms. The molecule has 2 aromatic carbocycles. The number of carbonyl (C=O) groups is 2. The van der Waals surface area contributed by atoms with Gasteiger partial charge in [0.05, 0.1) is 28.9 Å². The quantitative estimate of drug-likeness (QED) is 0.613. The summed E-state index contributed by atoms with van der Waals surface area (Å²) in [5.74, 6) is -0.0946. The second kappa shape index (κ2) is 9.26. The molecule has 7 heteroatoms. The highest BCUT2D eigenvalue weighted by Gasteiger charge is 2.31. The Morgan fingerprint density at radius 2 is 1.73 bits per heavy atom. The van der Waals surface area contributed by atoms with Crippen LogP contribution in [0.5, 0.6) is 5.75 Å². The molecule has 0 aliphatic carbocycles. The maximum absolute atomic E-state index is 13.3. The van der Waals surface area contributed by atoms with Crippen molar-refractivity contribution >= 4 is 33.4 Å². The number of fused-ring (bicyclic) bond motifs is 1. The van der Waals surface area contributed by atoms with Gasteiger partial charge in [0.2, 0.25) is 5.91 Å². The fourth-order valence-corrected chi connectivity index (χ4v) is 4.27. The van der Waals surface area contributed by atoms with E-state index in [1.807, 2.05) is 45.0 Å². The Kier molecular flexibility index (Phi) is 6.72. The first-order chi connectivity index (χ1) is 14.3. The fourth-order valence-electron chi connectivity index (χ4n) is 3.21. The molecule has 0 saturated carbocycles. The first-order valence-electron chi connectivity index (χ1n) is 9.89. The van der Waals surface area contributed by atoms with Crippen LogP contribution in [-0.4, -0.2) is 41.9 Å². The third-order valence-electron chi connectivity index (χ3n) is 5.17. The van der Waals surface area contributed by atoms with Gasteiger partial charge in [0.25, 0.3) is 5.91 Å². The highest BCUT2D eigenvalue weighted by Crippen LogP contribution is 2.29. The van der Waals surface area contributed by atoms with Gasteiger partial charge in [-0.25, -0.2) is 4.98 Å². The predicted octanol–water partition coefficient (Wildman–Crippen LogP) is 4.28. The normalized spacial score (nSPS) is 13.1. The zero-order valence-electron chi connectivity index (χ0n) is 17.9. The van der Waals surface area contributed by atoms with Crippen LogP contribution in [0.3, 0.4) is 0 Å². The Balaban J connectivity index is 1.79. The van der Waals surface area contributed by atoms with Crippen LogP contribution in [-0.2, 0) is 4.79 Å². The SMILES string of the molecule is COc1ccccc1C(=O)N[C@H](C(=O)N(C)[C@H](C)c1nc2ccccc2s1)C(C)C. The van der Waals surface area contributed by atoms with Gasteiger partial charge in [-0.15, -0.1) is 11.3 Å². The number of rotatable bonds is 7. The number of hydrogen-bond donors (Lipinski definition) is 1. The summed E-state index contributed by atoms with van der Waals surface area (Å²) in [7, 11) is 3.27. The summed E-state index contributed by atoms with van der Waals surface area (Å²) < 4.78 is 6.37. The lowest BCUT2D eigenvalue weighted by atomic mass is 10.0. The van der Waals surface area contributed by atoms with E-state index in [9.17, 15) is 9.59 Å². The van der Waals surface area contributed by atoms with Crippen LogP contribution < -0.4 is 10.1 Å². The average Bonchev–Trinajstić information content (AvgIpc) is 3.19. The molecule has 3 aromatic rings. The number of carbonyl (C=O) groups excluding carboxylic acids is 2. The van der Waals surface area contributed by atoms with Crippen molar-refractivity contribution in [3.63, 3.8) is 0 Å². The number of ether oxygens (including phenoxy) is 1. The molecule has 0 aliphatic heterocycles. The molecule has 0 unspecified atom stereocenters. The van der Waals surface area contributed by atoms with Crippen molar-refractivity contribution in [2.45, 2.75) is 32.9 Å². The molecule has 0 saturated heterocycles. The van der Waals surface area contributed by atoms with Crippen LogP contribution in [0.4, 0.5) is 0 Å². The molecule has 1 aromatic heterocycles. The second-order valence-corrected chi connectivity index (χ2v) is 8.60. The minimum Gasteiger partial charge on any atom is -0.496 e. The standard InChI is InChI=1S/C23H27N3O3S/c1-14(2)20(25-21(27)16-10-6-8-12-18(16)29-5)23(28)26(4)15(3)22-24-17-11-7-9-13-19(17)30-22/h6-15,20H,1-5H3,(H,25,27)/t15-,20+/m1/s1. The van der Waals surface area contributed by atoms with Gasteiger partial charge < -0.3 is 15.0 Å². The number of nitrogens with one attached hydrogen (secondary N) is 1. The topological polar surface area (TPSA) is 71.5 Å². The van der Waals surface area contributed by atoms with Gasteiger partial charge in [-0.3, -0.25) is 9.59 Å². The van der Waals surface area contributed by atoms with Gasteiger partial charge in [-0.2, -0.15) is 0 Å². The Labute approximate surface area is 180 Å². The maximum Gasteiger partial charge on any atom is 0.255 e. The summed E-state index contributed by atoms with van der Waals surface area (Å²) in [6, 6.07) is 14.0. The van der Waals surface area contributed by atoms with Crippen molar-refractivity contribution in [3.8, 4) is 5.75 Å². The summed E-state index contributed by atoms with van der Waals surface area (Å²) in [5, 5.41) is 3.76. The third kappa shape index (κ3) is 4.46. The highest BCUT2D eigenvalue weighted by atomic mass is 32.1. The number of hydrogen-bond acceptors (Lipinski definition) is 5. The Morgan fingerprint density at radius 1 is 1.07 bits per heavy atom. The fraction of sp³-hybridized carbons (Fsp3) is 0.348. The lowest BCUT2D eigenvalue weighted by molar-refractivity contribution is -0.135. The van der Waals surface area contributed by atoms with E-state index in [0.717, 1.165) is 15.2 Å². The van der Waals surface area contributed by atoms with Gasteiger partial charge in [-0.1, -0.05) is 38.1 Å². The Morgan fingerprint density at radius 3 is 2.40 bits per heavy atom. The lowest BCUT2D eigenvalue weighted by Gasteiger charge is -2.30. The monoisotopic (exact) mass is 425 g/mol. The van der Waals surface area contributed by atoms with E-state index in [4.69, 9.17) is 4.74 Å². The molecule has 0 spiro atoms. The molecule has 1 N–H and O–H groups in total. The summed E-state index contributed by atoms with van der Waals surface area (Å²) in [5.41, 5.74) is 1.33. The molecular formula is C23H27N3O3S. The van der Waals surface area contributed by atoms with Gasteiger partial charge in [0.15, 0.2) is 0 Å². The zero-order chi connectivity index (χ0) is 21.8. The molecule has 2 amide bonds. The van der Waals surface area contributed by atoms with Crippen molar-refractivity contribution in [2.24, 2.45) is 5.92 Å². The van der Waals surface area contributed by atoms with Crippen molar-refractivity contribution in [2.75, 3.05) is 14.2 Å². The molecule has 0 radical (unpaired) electrons. The third-order valence-corrected chi connectivity index (χ3v) is 6.37. The Hall–Kier alpha value is -2.93. The van der Waals surface area contributed by atoms with Crippen LogP contribution in [0.15, 0.2) is 48.5 Å². The number of aromatic nitrogens is 1.